The third-order valence-electron chi connectivity index (χ3n) is 5.12. The number of likely N-dealkylation sites (tertiary alicyclic amines) is 1. The first-order valence-corrected chi connectivity index (χ1v) is 9.29. The molecular formula is C21H22F2N4O. The van der Waals surface area contributed by atoms with E-state index in [0.717, 1.165) is 21.9 Å². The molecule has 4 rings (SSSR count). The van der Waals surface area contributed by atoms with Crippen LogP contribution in [0.4, 0.5) is 8.78 Å². The highest BCUT2D eigenvalue weighted by molar-refractivity contribution is 5.92. The van der Waals surface area contributed by atoms with Crippen molar-refractivity contribution in [2.45, 2.75) is 25.2 Å². The van der Waals surface area contributed by atoms with Crippen LogP contribution in [0.5, 0.6) is 0 Å². The number of pyridine rings is 1. The van der Waals surface area contributed by atoms with Crippen molar-refractivity contribution in [3.8, 4) is 11.1 Å². The predicted octanol–water partition coefficient (Wildman–Crippen LogP) is 3.13. The average Bonchev–Trinajstić information content (AvgIpc) is 3.05. The summed E-state index contributed by atoms with van der Waals surface area (Å²) in [6.07, 6.45) is 4.33. The van der Waals surface area contributed by atoms with Crippen molar-refractivity contribution in [3.05, 3.63) is 48.5 Å². The summed E-state index contributed by atoms with van der Waals surface area (Å²) in [7, 11) is 1.86. The van der Waals surface area contributed by atoms with Gasteiger partial charge in [0.15, 0.2) is 11.5 Å². The van der Waals surface area contributed by atoms with Crippen LogP contribution in [0.1, 0.15) is 12.6 Å². The number of Topliss-reactive ketones (excluding diaryl/α,β-unsaturated/α-hetero) is 1. The molecule has 0 bridgehead atoms. The Bertz CT molecular complexity index is 1020. The monoisotopic (exact) mass is 384 g/mol. The van der Waals surface area contributed by atoms with Gasteiger partial charge in [-0.2, -0.15) is 5.10 Å². The molecule has 2 aromatic heterocycles. The standard InChI is InChI=1S/C21H22F2N4O/c1-14(22)10-27-12-21(23,13-27)20(28)7-19-6-17-5-15(3-4-16(17)8-24-19)18-9-25-26(2)11-18/h3-6,8-9,11,14H,7,10,12-13H2,1-2H3. The molecule has 1 saturated heterocycles. The van der Waals surface area contributed by atoms with Gasteiger partial charge in [0, 0.05) is 55.7 Å². The summed E-state index contributed by atoms with van der Waals surface area (Å²) in [4.78, 5) is 18.4. The van der Waals surface area contributed by atoms with E-state index in [-0.39, 0.29) is 26.1 Å². The number of hydrogen-bond donors (Lipinski definition) is 0. The number of ketones is 1. The molecule has 0 aliphatic carbocycles. The van der Waals surface area contributed by atoms with Gasteiger partial charge < -0.3 is 0 Å². The van der Waals surface area contributed by atoms with Gasteiger partial charge in [0.25, 0.3) is 0 Å². The van der Waals surface area contributed by atoms with Crippen LogP contribution in [0.2, 0.25) is 0 Å². The van der Waals surface area contributed by atoms with Crippen LogP contribution in [0.3, 0.4) is 0 Å². The topological polar surface area (TPSA) is 51.0 Å². The largest absolute Gasteiger partial charge is 0.296 e. The van der Waals surface area contributed by atoms with Gasteiger partial charge >= 0.3 is 0 Å². The normalized spacial score (nSPS) is 17.4. The summed E-state index contributed by atoms with van der Waals surface area (Å²) in [6.45, 7) is 1.50. The number of rotatable bonds is 6. The number of alkyl halides is 2. The Morgan fingerprint density at radius 1 is 1.21 bits per heavy atom. The lowest BCUT2D eigenvalue weighted by molar-refractivity contribution is -0.142. The van der Waals surface area contributed by atoms with Gasteiger partial charge in [-0.1, -0.05) is 12.1 Å². The maximum Gasteiger partial charge on any atom is 0.194 e. The smallest absolute Gasteiger partial charge is 0.194 e. The van der Waals surface area contributed by atoms with Crippen LogP contribution in [0.15, 0.2) is 42.9 Å². The molecule has 0 N–H and O–H groups in total. The van der Waals surface area contributed by atoms with Gasteiger partial charge in [-0.15, -0.1) is 0 Å². The summed E-state index contributed by atoms with van der Waals surface area (Å²) < 4.78 is 29.5. The van der Waals surface area contributed by atoms with Crippen molar-refractivity contribution in [2.24, 2.45) is 7.05 Å². The van der Waals surface area contributed by atoms with Crippen LogP contribution < -0.4 is 0 Å². The van der Waals surface area contributed by atoms with Gasteiger partial charge in [0.1, 0.15) is 6.17 Å². The first kappa shape index (κ1) is 18.7. The lowest BCUT2D eigenvalue weighted by Gasteiger charge is -2.43. The molecule has 146 valence electrons. The molecule has 1 fully saturated rings. The minimum Gasteiger partial charge on any atom is -0.296 e. The minimum atomic E-state index is -1.90. The summed E-state index contributed by atoms with van der Waals surface area (Å²) in [5.41, 5.74) is 0.651. The number of aryl methyl sites for hydroxylation is 1. The summed E-state index contributed by atoms with van der Waals surface area (Å²) in [5, 5.41) is 6.08. The maximum absolute atomic E-state index is 14.7. The molecule has 1 atom stereocenters. The minimum absolute atomic E-state index is 0.0428. The molecule has 0 radical (unpaired) electrons. The average molecular weight is 384 g/mol. The molecule has 28 heavy (non-hydrogen) atoms. The quantitative estimate of drug-likeness (QED) is 0.655. The Morgan fingerprint density at radius 3 is 2.68 bits per heavy atom. The zero-order valence-corrected chi connectivity index (χ0v) is 15.9. The highest BCUT2D eigenvalue weighted by Gasteiger charge is 2.49. The molecule has 0 saturated carbocycles. The molecule has 3 heterocycles. The first-order chi connectivity index (χ1) is 13.3. The van der Waals surface area contributed by atoms with Gasteiger partial charge in [-0.05, 0) is 30.0 Å². The maximum atomic E-state index is 14.7. The Kier molecular flexibility index (Phi) is 4.71. The Morgan fingerprint density at radius 2 is 2.00 bits per heavy atom. The van der Waals surface area contributed by atoms with Crippen LogP contribution in [-0.4, -0.2) is 56.9 Å². The van der Waals surface area contributed by atoms with Gasteiger partial charge in [0.05, 0.1) is 12.6 Å². The highest BCUT2D eigenvalue weighted by Crippen LogP contribution is 2.29. The molecular weight excluding hydrogens is 362 g/mol. The molecule has 1 aliphatic rings. The molecule has 0 spiro atoms. The zero-order chi connectivity index (χ0) is 19.9. The van der Waals surface area contributed by atoms with Crippen molar-refractivity contribution in [2.75, 3.05) is 19.6 Å². The van der Waals surface area contributed by atoms with E-state index in [0.29, 0.717) is 5.69 Å². The SMILES string of the molecule is CC(F)CN1CC(F)(C(=O)Cc2cc3cc(-c4cnn(C)c4)ccc3cn2)C1. The number of hydrogen-bond acceptors (Lipinski definition) is 4. The second-order valence-corrected chi connectivity index (χ2v) is 7.66. The molecule has 1 unspecified atom stereocenters. The molecule has 5 nitrogen and oxygen atoms in total. The number of halogens is 2. The number of carbonyl (C=O) groups is 1. The first-order valence-electron chi connectivity index (χ1n) is 9.29. The van der Waals surface area contributed by atoms with Crippen molar-refractivity contribution in [3.63, 3.8) is 0 Å². The number of aromatic nitrogens is 3. The number of carbonyl (C=O) groups excluding carboxylic acids is 1. The van der Waals surface area contributed by atoms with E-state index in [1.807, 2.05) is 37.5 Å². The van der Waals surface area contributed by atoms with Crippen molar-refractivity contribution in [1.29, 1.82) is 0 Å². The van der Waals surface area contributed by atoms with Gasteiger partial charge in [-0.3, -0.25) is 19.4 Å². The van der Waals surface area contributed by atoms with Crippen molar-refractivity contribution < 1.29 is 13.6 Å². The fourth-order valence-corrected chi connectivity index (χ4v) is 3.68. The number of fused-ring (bicyclic) bond motifs is 1. The fourth-order valence-electron chi connectivity index (χ4n) is 3.68. The number of benzene rings is 1. The lowest BCUT2D eigenvalue weighted by atomic mass is 9.88. The van der Waals surface area contributed by atoms with Crippen LogP contribution in [-0.2, 0) is 18.3 Å². The molecule has 1 aliphatic heterocycles. The van der Waals surface area contributed by atoms with E-state index in [4.69, 9.17) is 0 Å². The molecule has 7 heteroatoms. The summed E-state index contributed by atoms with van der Waals surface area (Å²) in [6, 6.07) is 7.81. The third-order valence-corrected chi connectivity index (χ3v) is 5.12. The highest BCUT2D eigenvalue weighted by atomic mass is 19.1. The summed E-state index contributed by atoms with van der Waals surface area (Å²) in [5.74, 6) is -0.495. The Balaban J connectivity index is 1.50. The Hall–Kier alpha value is -2.67. The van der Waals surface area contributed by atoms with E-state index >= 15 is 0 Å². The van der Waals surface area contributed by atoms with E-state index in [1.165, 1.54) is 6.92 Å². The second kappa shape index (κ2) is 7.05. The van der Waals surface area contributed by atoms with Crippen LogP contribution in [0.25, 0.3) is 21.9 Å². The summed E-state index contributed by atoms with van der Waals surface area (Å²) >= 11 is 0. The van der Waals surface area contributed by atoms with Crippen LogP contribution >= 0.6 is 0 Å². The number of nitrogens with zero attached hydrogens (tertiary/aromatic N) is 4. The third kappa shape index (κ3) is 3.67. The fraction of sp³-hybridized carbons (Fsp3) is 0.381. The zero-order valence-electron chi connectivity index (χ0n) is 15.9. The predicted molar refractivity (Wildman–Crippen MR) is 104 cm³/mol. The van der Waals surface area contributed by atoms with E-state index < -0.39 is 17.6 Å². The van der Waals surface area contributed by atoms with Crippen molar-refractivity contribution >= 4 is 16.6 Å². The van der Waals surface area contributed by atoms with Crippen molar-refractivity contribution in [1.82, 2.24) is 19.7 Å². The lowest BCUT2D eigenvalue weighted by Crippen LogP contribution is -2.64. The Labute approximate surface area is 162 Å². The van der Waals surface area contributed by atoms with E-state index in [2.05, 4.69) is 10.1 Å². The molecule has 3 aromatic rings. The second-order valence-electron chi connectivity index (χ2n) is 7.66. The van der Waals surface area contributed by atoms with Crippen LogP contribution in [0, 0.1) is 0 Å². The van der Waals surface area contributed by atoms with Gasteiger partial charge in [0.2, 0.25) is 0 Å². The van der Waals surface area contributed by atoms with E-state index in [9.17, 15) is 13.6 Å². The van der Waals surface area contributed by atoms with E-state index in [1.54, 1.807) is 22.0 Å². The molecule has 0 amide bonds. The molecule has 1 aromatic carbocycles. The van der Waals surface area contributed by atoms with Gasteiger partial charge in [-0.25, -0.2) is 8.78 Å².